The molecule has 1 aromatic carbocycles. The van der Waals surface area contributed by atoms with Crippen LogP contribution in [-0.4, -0.2) is 35.8 Å². The average Bonchev–Trinajstić information content (AvgIpc) is 3.03. The minimum atomic E-state index is -0.0702. The first-order chi connectivity index (χ1) is 10.7. The van der Waals surface area contributed by atoms with Crippen LogP contribution in [-0.2, 0) is 9.59 Å². The van der Waals surface area contributed by atoms with Gasteiger partial charge in [0.25, 0.3) is 0 Å². The highest BCUT2D eigenvalue weighted by molar-refractivity contribution is 5.85. The van der Waals surface area contributed by atoms with Crippen LogP contribution in [0.4, 0.5) is 0 Å². The first-order valence-electron chi connectivity index (χ1n) is 8.28. The summed E-state index contributed by atoms with van der Waals surface area (Å²) in [5, 5.41) is 2.70. The van der Waals surface area contributed by atoms with E-state index in [0.29, 0.717) is 12.3 Å². The summed E-state index contributed by atoms with van der Waals surface area (Å²) in [7, 11) is 0. The molecule has 2 unspecified atom stereocenters. The number of carbonyl (C=O) groups is 2. The lowest BCUT2D eigenvalue weighted by molar-refractivity contribution is -0.133. The first kappa shape index (κ1) is 16.5. The molecule has 1 aromatic rings. The number of benzene rings is 1. The third kappa shape index (κ3) is 3.87. The SMILES string of the molecule is CCC(=O)NCC(=O)N1CCCC1C(CC)c1ccccc1. The van der Waals surface area contributed by atoms with E-state index < -0.39 is 0 Å². The normalized spacial score (nSPS) is 19.0. The van der Waals surface area contributed by atoms with Gasteiger partial charge in [-0.3, -0.25) is 9.59 Å². The van der Waals surface area contributed by atoms with Gasteiger partial charge in [0.15, 0.2) is 0 Å². The maximum absolute atomic E-state index is 12.4. The van der Waals surface area contributed by atoms with Gasteiger partial charge in [0.05, 0.1) is 6.54 Å². The first-order valence-corrected chi connectivity index (χ1v) is 8.28. The Morgan fingerprint density at radius 1 is 1.27 bits per heavy atom. The Balaban J connectivity index is 2.05. The van der Waals surface area contributed by atoms with Crippen molar-refractivity contribution >= 4 is 11.8 Å². The molecular formula is C18H26N2O2. The molecular weight excluding hydrogens is 276 g/mol. The standard InChI is InChI=1S/C18H26N2O2/c1-3-15(14-9-6-5-7-10-14)16-11-8-12-20(16)18(22)13-19-17(21)4-2/h5-7,9-10,15-16H,3-4,8,11-13H2,1-2H3,(H,19,21). The second kappa shape index (κ2) is 7.97. The van der Waals surface area contributed by atoms with Crippen LogP contribution in [0.1, 0.15) is 51.0 Å². The second-order valence-electron chi connectivity index (χ2n) is 5.85. The largest absolute Gasteiger partial charge is 0.347 e. The van der Waals surface area contributed by atoms with Crippen molar-refractivity contribution in [1.29, 1.82) is 0 Å². The third-order valence-electron chi connectivity index (χ3n) is 4.51. The number of rotatable bonds is 6. The third-order valence-corrected chi connectivity index (χ3v) is 4.51. The lowest BCUT2D eigenvalue weighted by Gasteiger charge is -2.31. The Kier molecular flexibility index (Phi) is 5.99. The fraction of sp³-hybridized carbons (Fsp3) is 0.556. The van der Waals surface area contributed by atoms with E-state index in [1.807, 2.05) is 11.0 Å². The quantitative estimate of drug-likeness (QED) is 0.878. The zero-order chi connectivity index (χ0) is 15.9. The predicted molar refractivity (Wildman–Crippen MR) is 87.5 cm³/mol. The molecule has 0 saturated carbocycles. The molecule has 0 aliphatic carbocycles. The molecule has 1 saturated heterocycles. The number of hydrogen-bond donors (Lipinski definition) is 1. The van der Waals surface area contributed by atoms with Crippen molar-refractivity contribution in [3.8, 4) is 0 Å². The van der Waals surface area contributed by atoms with E-state index in [1.165, 1.54) is 5.56 Å². The minimum Gasteiger partial charge on any atom is -0.347 e. The van der Waals surface area contributed by atoms with Crippen LogP contribution >= 0.6 is 0 Å². The molecule has 1 N–H and O–H groups in total. The molecule has 0 bridgehead atoms. The van der Waals surface area contributed by atoms with Gasteiger partial charge in [-0.15, -0.1) is 0 Å². The molecule has 1 heterocycles. The van der Waals surface area contributed by atoms with Gasteiger partial charge in [-0.1, -0.05) is 44.2 Å². The monoisotopic (exact) mass is 302 g/mol. The molecule has 1 fully saturated rings. The lowest BCUT2D eigenvalue weighted by Crippen LogP contribution is -2.44. The fourth-order valence-corrected chi connectivity index (χ4v) is 3.35. The second-order valence-corrected chi connectivity index (χ2v) is 5.85. The average molecular weight is 302 g/mol. The van der Waals surface area contributed by atoms with E-state index in [9.17, 15) is 9.59 Å². The summed E-state index contributed by atoms with van der Waals surface area (Å²) >= 11 is 0. The molecule has 22 heavy (non-hydrogen) atoms. The van der Waals surface area contributed by atoms with Crippen molar-refractivity contribution in [3.63, 3.8) is 0 Å². The highest BCUT2D eigenvalue weighted by Crippen LogP contribution is 2.33. The van der Waals surface area contributed by atoms with Crippen LogP contribution in [0.25, 0.3) is 0 Å². The van der Waals surface area contributed by atoms with E-state index in [0.717, 1.165) is 25.8 Å². The summed E-state index contributed by atoms with van der Waals surface area (Å²) in [6, 6.07) is 10.7. The van der Waals surface area contributed by atoms with Crippen LogP contribution in [0.5, 0.6) is 0 Å². The number of nitrogens with zero attached hydrogens (tertiary/aromatic N) is 1. The zero-order valence-electron chi connectivity index (χ0n) is 13.5. The van der Waals surface area contributed by atoms with Crippen molar-refractivity contribution < 1.29 is 9.59 Å². The molecule has 2 atom stereocenters. The topological polar surface area (TPSA) is 49.4 Å². The summed E-state index contributed by atoms with van der Waals surface area (Å²) in [5.41, 5.74) is 1.30. The maximum atomic E-state index is 12.4. The molecule has 0 spiro atoms. The molecule has 2 rings (SSSR count). The number of carbonyl (C=O) groups excluding carboxylic acids is 2. The molecule has 0 radical (unpaired) electrons. The van der Waals surface area contributed by atoms with Gasteiger partial charge in [-0.2, -0.15) is 0 Å². The molecule has 4 heteroatoms. The van der Waals surface area contributed by atoms with Crippen LogP contribution in [0.2, 0.25) is 0 Å². The summed E-state index contributed by atoms with van der Waals surface area (Å²) < 4.78 is 0. The van der Waals surface area contributed by atoms with Gasteiger partial charge in [0.2, 0.25) is 11.8 Å². The van der Waals surface area contributed by atoms with Crippen molar-refractivity contribution in [2.24, 2.45) is 0 Å². The van der Waals surface area contributed by atoms with Crippen molar-refractivity contribution in [2.75, 3.05) is 13.1 Å². The summed E-state index contributed by atoms with van der Waals surface area (Å²) in [4.78, 5) is 25.8. The van der Waals surface area contributed by atoms with Gasteiger partial charge in [-0.05, 0) is 24.8 Å². The van der Waals surface area contributed by atoms with Crippen LogP contribution in [0.15, 0.2) is 30.3 Å². The maximum Gasteiger partial charge on any atom is 0.242 e. The Bertz CT molecular complexity index is 501. The van der Waals surface area contributed by atoms with Crippen LogP contribution in [0.3, 0.4) is 0 Å². The summed E-state index contributed by atoms with van der Waals surface area (Å²) in [6.07, 6.45) is 3.51. The summed E-state index contributed by atoms with van der Waals surface area (Å²) in [6.45, 7) is 4.89. The highest BCUT2D eigenvalue weighted by Gasteiger charge is 2.34. The smallest absolute Gasteiger partial charge is 0.242 e. The fourth-order valence-electron chi connectivity index (χ4n) is 3.35. The number of hydrogen-bond acceptors (Lipinski definition) is 2. The van der Waals surface area contributed by atoms with E-state index in [2.05, 4.69) is 36.5 Å². The summed E-state index contributed by atoms with van der Waals surface area (Å²) in [5.74, 6) is 0.340. The zero-order valence-corrected chi connectivity index (χ0v) is 13.5. The van der Waals surface area contributed by atoms with Gasteiger partial charge in [-0.25, -0.2) is 0 Å². The molecule has 2 amide bonds. The number of nitrogens with one attached hydrogen (secondary N) is 1. The minimum absolute atomic E-state index is 0.0404. The van der Waals surface area contributed by atoms with E-state index in [1.54, 1.807) is 6.92 Å². The molecule has 4 nitrogen and oxygen atoms in total. The van der Waals surface area contributed by atoms with E-state index in [4.69, 9.17) is 0 Å². The highest BCUT2D eigenvalue weighted by atomic mass is 16.2. The van der Waals surface area contributed by atoms with Crippen LogP contribution < -0.4 is 5.32 Å². The van der Waals surface area contributed by atoms with Gasteiger partial charge in [0, 0.05) is 24.9 Å². The van der Waals surface area contributed by atoms with E-state index >= 15 is 0 Å². The molecule has 1 aliphatic heterocycles. The molecule has 120 valence electrons. The predicted octanol–water partition coefficient (Wildman–Crippen LogP) is 2.70. The van der Waals surface area contributed by atoms with Crippen LogP contribution in [0, 0.1) is 0 Å². The number of amides is 2. The Morgan fingerprint density at radius 2 is 2.00 bits per heavy atom. The van der Waals surface area contributed by atoms with E-state index in [-0.39, 0.29) is 24.4 Å². The Morgan fingerprint density at radius 3 is 2.64 bits per heavy atom. The molecule has 0 aromatic heterocycles. The van der Waals surface area contributed by atoms with Crippen molar-refractivity contribution in [2.45, 2.75) is 51.5 Å². The van der Waals surface area contributed by atoms with Crippen molar-refractivity contribution in [1.82, 2.24) is 10.2 Å². The molecule has 1 aliphatic rings. The Labute approximate surface area is 132 Å². The number of likely N-dealkylation sites (tertiary alicyclic amines) is 1. The Hall–Kier alpha value is -1.84. The van der Waals surface area contributed by atoms with Gasteiger partial charge < -0.3 is 10.2 Å². The van der Waals surface area contributed by atoms with Gasteiger partial charge >= 0.3 is 0 Å². The van der Waals surface area contributed by atoms with Gasteiger partial charge in [0.1, 0.15) is 0 Å². The van der Waals surface area contributed by atoms with Crippen molar-refractivity contribution in [3.05, 3.63) is 35.9 Å². The lowest BCUT2D eigenvalue weighted by atomic mass is 9.87.